The number of thioether (sulfide) groups is 1. The van der Waals surface area contributed by atoms with Crippen LogP contribution in [0.25, 0.3) is 6.08 Å². The van der Waals surface area contributed by atoms with Gasteiger partial charge in [-0.25, -0.2) is 4.99 Å². The van der Waals surface area contributed by atoms with E-state index < -0.39 is 0 Å². The van der Waals surface area contributed by atoms with Gasteiger partial charge in [0.15, 0.2) is 16.7 Å². The zero-order chi connectivity index (χ0) is 21.0. The molecule has 0 aliphatic carbocycles. The van der Waals surface area contributed by atoms with Crippen LogP contribution in [0, 0.1) is 19.3 Å². The summed E-state index contributed by atoms with van der Waals surface area (Å²) in [5.41, 5.74) is 2.40. The standard InChI is InChI=1S/C21H16BrClN2O3S/c1-4-7-28-19-15(22)8-13(9-17(19)27-3)10-18-20(26)25-21(29-18)24-14-6-5-12(2)16(23)11-14/h1,5-6,8-11H,7H2,2-3H3,(H,24,25,26)/b18-10-. The Balaban J connectivity index is 1.86. The van der Waals surface area contributed by atoms with Crippen LogP contribution in [0.3, 0.4) is 0 Å². The number of halogens is 2. The van der Waals surface area contributed by atoms with Crippen LogP contribution in [0.15, 0.2) is 44.7 Å². The molecule has 29 heavy (non-hydrogen) atoms. The van der Waals surface area contributed by atoms with E-state index in [1.54, 1.807) is 18.2 Å². The first-order valence-electron chi connectivity index (χ1n) is 8.41. The maximum absolute atomic E-state index is 12.4. The summed E-state index contributed by atoms with van der Waals surface area (Å²) in [4.78, 5) is 17.3. The average Bonchev–Trinajstić information content (AvgIpc) is 3.02. The second-order valence-electron chi connectivity index (χ2n) is 5.94. The maximum atomic E-state index is 12.4. The van der Waals surface area contributed by atoms with E-state index in [9.17, 15) is 4.79 Å². The lowest BCUT2D eigenvalue weighted by Gasteiger charge is -2.12. The van der Waals surface area contributed by atoms with Crippen LogP contribution in [0.1, 0.15) is 11.1 Å². The highest BCUT2D eigenvalue weighted by Gasteiger charge is 2.24. The zero-order valence-electron chi connectivity index (χ0n) is 15.6. The molecule has 8 heteroatoms. The predicted molar refractivity (Wildman–Crippen MR) is 122 cm³/mol. The summed E-state index contributed by atoms with van der Waals surface area (Å²) in [6.45, 7) is 2.04. The number of amidine groups is 1. The molecule has 0 atom stereocenters. The Morgan fingerprint density at radius 1 is 1.38 bits per heavy atom. The van der Waals surface area contributed by atoms with E-state index in [0.717, 1.165) is 11.1 Å². The first-order chi connectivity index (χ1) is 13.9. The van der Waals surface area contributed by atoms with Gasteiger partial charge in [0.2, 0.25) is 0 Å². The molecule has 0 aromatic heterocycles. The zero-order valence-corrected chi connectivity index (χ0v) is 18.7. The molecule has 0 spiro atoms. The summed E-state index contributed by atoms with van der Waals surface area (Å²) in [5.74, 6) is 3.21. The fourth-order valence-electron chi connectivity index (χ4n) is 2.48. The van der Waals surface area contributed by atoms with Crippen LogP contribution in [0.2, 0.25) is 5.02 Å². The maximum Gasteiger partial charge on any atom is 0.264 e. The fraction of sp³-hybridized carbons (Fsp3) is 0.143. The number of hydrogen-bond donors (Lipinski definition) is 1. The number of nitrogens with one attached hydrogen (secondary N) is 1. The number of benzene rings is 2. The van der Waals surface area contributed by atoms with E-state index in [4.69, 9.17) is 27.5 Å². The number of rotatable bonds is 5. The van der Waals surface area contributed by atoms with Gasteiger partial charge in [-0.3, -0.25) is 4.79 Å². The van der Waals surface area contributed by atoms with Crippen molar-refractivity contribution in [2.45, 2.75) is 6.92 Å². The summed E-state index contributed by atoms with van der Waals surface area (Å²) < 4.78 is 11.6. The molecule has 0 saturated carbocycles. The average molecular weight is 492 g/mol. The van der Waals surface area contributed by atoms with E-state index in [2.05, 4.69) is 32.2 Å². The van der Waals surface area contributed by atoms with Gasteiger partial charge in [0.25, 0.3) is 5.91 Å². The van der Waals surface area contributed by atoms with Crippen molar-refractivity contribution in [1.29, 1.82) is 0 Å². The monoisotopic (exact) mass is 490 g/mol. The third kappa shape index (κ3) is 5.15. The van der Waals surface area contributed by atoms with Gasteiger partial charge >= 0.3 is 0 Å². The number of aryl methyl sites for hydroxylation is 1. The van der Waals surface area contributed by atoms with Gasteiger partial charge < -0.3 is 14.8 Å². The van der Waals surface area contributed by atoms with Crippen molar-refractivity contribution in [2.75, 3.05) is 13.7 Å². The number of nitrogens with zero attached hydrogens (tertiary/aromatic N) is 1. The molecular weight excluding hydrogens is 476 g/mol. The number of aliphatic imine (C=N–C) groups is 1. The van der Waals surface area contributed by atoms with E-state index in [0.29, 0.717) is 36.8 Å². The fourth-order valence-corrected chi connectivity index (χ4v) is 4.07. The van der Waals surface area contributed by atoms with Crippen LogP contribution in [0.4, 0.5) is 5.69 Å². The quantitative estimate of drug-likeness (QED) is 0.454. The molecule has 2 aromatic carbocycles. The molecule has 1 heterocycles. The lowest BCUT2D eigenvalue weighted by atomic mass is 10.2. The first-order valence-corrected chi connectivity index (χ1v) is 10.4. The third-order valence-corrected chi connectivity index (χ3v) is 5.79. The second-order valence-corrected chi connectivity index (χ2v) is 8.23. The molecule has 1 N–H and O–H groups in total. The minimum Gasteiger partial charge on any atom is -0.493 e. The number of carbonyl (C=O) groups excluding carboxylic acids is 1. The molecule has 1 saturated heterocycles. The molecule has 1 aliphatic heterocycles. The molecule has 0 unspecified atom stereocenters. The van der Waals surface area contributed by atoms with Gasteiger partial charge in [0.1, 0.15) is 6.61 Å². The predicted octanol–water partition coefficient (Wildman–Crippen LogP) is 5.32. The number of methoxy groups -OCH3 is 1. The lowest BCUT2D eigenvalue weighted by molar-refractivity contribution is -0.115. The highest BCUT2D eigenvalue weighted by molar-refractivity contribution is 9.10. The van der Waals surface area contributed by atoms with E-state index in [1.807, 2.05) is 25.1 Å². The second kappa shape index (κ2) is 9.40. The van der Waals surface area contributed by atoms with Gasteiger partial charge in [-0.2, -0.15) is 0 Å². The Bertz CT molecular complexity index is 1080. The molecule has 148 valence electrons. The van der Waals surface area contributed by atoms with Crippen molar-refractivity contribution in [3.63, 3.8) is 0 Å². The van der Waals surface area contributed by atoms with E-state index in [-0.39, 0.29) is 12.5 Å². The Labute approximate surface area is 186 Å². The van der Waals surface area contributed by atoms with E-state index in [1.165, 1.54) is 18.9 Å². The number of terminal acetylenes is 1. The van der Waals surface area contributed by atoms with Crippen molar-refractivity contribution in [3.8, 4) is 23.8 Å². The number of ether oxygens (including phenoxy) is 2. The van der Waals surface area contributed by atoms with Crippen LogP contribution < -0.4 is 14.8 Å². The van der Waals surface area contributed by atoms with Gasteiger partial charge in [-0.05, 0) is 76.1 Å². The van der Waals surface area contributed by atoms with Crippen LogP contribution in [-0.2, 0) is 4.79 Å². The summed E-state index contributed by atoms with van der Waals surface area (Å²) in [5, 5.41) is 3.88. The molecule has 2 aromatic rings. The van der Waals surface area contributed by atoms with Crippen LogP contribution in [-0.4, -0.2) is 24.8 Å². The highest BCUT2D eigenvalue weighted by atomic mass is 79.9. The van der Waals surface area contributed by atoms with E-state index >= 15 is 0 Å². The molecule has 0 bridgehead atoms. The lowest BCUT2D eigenvalue weighted by Crippen LogP contribution is -2.19. The molecular formula is C21H16BrClN2O3S. The molecule has 1 aliphatic rings. The highest BCUT2D eigenvalue weighted by Crippen LogP contribution is 2.38. The molecule has 0 radical (unpaired) electrons. The Kier molecular flexibility index (Phi) is 6.91. The number of amides is 1. The van der Waals surface area contributed by atoms with Crippen molar-refractivity contribution in [2.24, 2.45) is 4.99 Å². The van der Waals surface area contributed by atoms with Crippen molar-refractivity contribution < 1.29 is 14.3 Å². The minimum absolute atomic E-state index is 0.122. The molecule has 1 amide bonds. The van der Waals surface area contributed by atoms with Crippen molar-refractivity contribution in [3.05, 3.63) is 55.9 Å². The van der Waals surface area contributed by atoms with Crippen molar-refractivity contribution in [1.82, 2.24) is 5.32 Å². The molecule has 3 rings (SSSR count). The van der Waals surface area contributed by atoms with Crippen LogP contribution >= 0.6 is 39.3 Å². The number of hydrogen-bond acceptors (Lipinski definition) is 5. The summed E-state index contributed by atoms with van der Waals surface area (Å²) in [6.07, 6.45) is 7.00. The van der Waals surface area contributed by atoms with Gasteiger partial charge in [0, 0.05) is 5.02 Å². The minimum atomic E-state index is -0.227. The smallest absolute Gasteiger partial charge is 0.264 e. The topological polar surface area (TPSA) is 59.9 Å². The van der Waals surface area contributed by atoms with Crippen molar-refractivity contribution >= 4 is 62.1 Å². The van der Waals surface area contributed by atoms with Gasteiger partial charge in [-0.1, -0.05) is 23.6 Å². The molecule has 1 fully saturated rings. The Hall–Kier alpha value is -2.40. The first kappa shape index (κ1) is 21.3. The molecule has 5 nitrogen and oxygen atoms in total. The third-order valence-electron chi connectivity index (χ3n) is 3.89. The van der Waals surface area contributed by atoms with Crippen LogP contribution in [0.5, 0.6) is 11.5 Å². The largest absolute Gasteiger partial charge is 0.493 e. The van der Waals surface area contributed by atoms with Gasteiger partial charge in [-0.15, -0.1) is 6.42 Å². The Morgan fingerprint density at radius 2 is 2.17 bits per heavy atom. The normalized spacial score (nSPS) is 16.0. The summed E-state index contributed by atoms with van der Waals surface area (Å²) >= 11 is 10.8. The SMILES string of the molecule is C#CCOc1c(Br)cc(/C=C2\SC(=Nc3ccc(C)c(Cl)c3)NC2=O)cc1OC. The van der Waals surface area contributed by atoms with Gasteiger partial charge in [0.05, 0.1) is 22.2 Å². The number of carbonyl (C=O) groups is 1. The summed E-state index contributed by atoms with van der Waals surface area (Å²) in [7, 11) is 1.54. The summed E-state index contributed by atoms with van der Waals surface area (Å²) in [6, 6.07) is 9.08. The Morgan fingerprint density at radius 3 is 2.86 bits per heavy atom.